The van der Waals surface area contributed by atoms with E-state index in [4.69, 9.17) is 14.2 Å². The summed E-state index contributed by atoms with van der Waals surface area (Å²) in [6, 6.07) is 22.2. The van der Waals surface area contributed by atoms with Gasteiger partial charge in [-0.25, -0.2) is 4.79 Å². The molecule has 0 atom stereocenters. The van der Waals surface area contributed by atoms with E-state index < -0.39 is 18.5 Å². The number of carbonyl (C=O) groups excluding carboxylic acids is 2. The van der Waals surface area contributed by atoms with Crippen molar-refractivity contribution in [2.45, 2.75) is 0 Å². The summed E-state index contributed by atoms with van der Waals surface area (Å²) in [6.45, 7) is -0.417. The van der Waals surface area contributed by atoms with Crippen molar-refractivity contribution >= 4 is 17.6 Å². The Bertz CT molecular complexity index is 984. The summed E-state index contributed by atoms with van der Waals surface area (Å²) >= 11 is 0. The summed E-state index contributed by atoms with van der Waals surface area (Å²) in [7, 11) is 2.91. The van der Waals surface area contributed by atoms with E-state index in [9.17, 15) is 9.59 Å². The lowest BCUT2D eigenvalue weighted by Crippen LogP contribution is -2.21. The van der Waals surface area contributed by atoms with Gasteiger partial charge in [-0.3, -0.25) is 4.79 Å². The van der Waals surface area contributed by atoms with Gasteiger partial charge in [0.05, 0.1) is 14.2 Å². The lowest BCUT2D eigenvalue weighted by molar-refractivity contribution is -0.119. The largest absolute Gasteiger partial charge is 0.493 e. The number of benzene rings is 3. The zero-order valence-corrected chi connectivity index (χ0v) is 16.2. The fraction of sp³-hybridized carbons (Fsp3) is 0.130. The van der Waals surface area contributed by atoms with Gasteiger partial charge in [-0.15, -0.1) is 0 Å². The van der Waals surface area contributed by atoms with Crippen molar-refractivity contribution in [1.29, 1.82) is 0 Å². The number of para-hydroxylation sites is 1. The first-order chi connectivity index (χ1) is 14.1. The molecule has 6 heteroatoms. The monoisotopic (exact) mass is 391 g/mol. The molecule has 29 heavy (non-hydrogen) atoms. The lowest BCUT2D eigenvalue weighted by atomic mass is 10.1. The molecule has 0 fully saturated rings. The van der Waals surface area contributed by atoms with Crippen molar-refractivity contribution in [1.82, 2.24) is 0 Å². The molecular weight excluding hydrogens is 370 g/mol. The smallest absolute Gasteiger partial charge is 0.342 e. The predicted molar refractivity (Wildman–Crippen MR) is 110 cm³/mol. The zero-order chi connectivity index (χ0) is 20.6. The summed E-state index contributed by atoms with van der Waals surface area (Å²) in [5, 5.41) is 2.71. The van der Waals surface area contributed by atoms with Gasteiger partial charge in [-0.2, -0.15) is 0 Å². The van der Waals surface area contributed by atoms with Crippen LogP contribution in [0, 0.1) is 0 Å². The normalized spacial score (nSPS) is 10.1. The summed E-state index contributed by atoms with van der Waals surface area (Å²) in [4.78, 5) is 24.4. The number of amides is 1. The SMILES string of the molecule is COc1cccc(C(=O)OCC(=O)Nc2ccc(-c3ccccc3)cc2)c1OC. The van der Waals surface area contributed by atoms with Gasteiger partial charge >= 0.3 is 5.97 Å². The minimum Gasteiger partial charge on any atom is -0.493 e. The molecule has 3 rings (SSSR count). The Hall–Kier alpha value is -3.80. The average molecular weight is 391 g/mol. The highest BCUT2D eigenvalue weighted by atomic mass is 16.5. The second-order valence-electron chi connectivity index (χ2n) is 6.11. The Kier molecular flexibility index (Phi) is 6.47. The molecule has 0 saturated heterocycles. The van der Waals surface area contributed by atoms with Crippen LogP contribution in [0.5, 0.6) is 11.5 Å². The summed E-state index contributed by atoms with van der Waals surface area (Å²) in [5.41, 5.74) is 2.93. The molecule has 3 aromatic rings. The third-order valence-corrected chi connectivity index (χ3v) is 4.23. The molecule has 0 bridgehead atoms. The average Bonchev–Trinajstić information content (AvgIpc) is 2.78. The van der Waals surface area contributed by atoms with Gasteiger partial charge in [0.15, 0.2) is 18.1 Å². The fourth-order valence-corrected chi connectivity index (χ4v) is 2.83. The van der Waals surface area contributed by atoms with Crippen molar-refractivity contribution in [3.05, 3.63) is 78.4 Å². The van der Waals surface area contributed by atoms with Crippen LogP contribution >= 0.6 is 0 Å². The molecule has 0 heterocycles. The molecule has 0 spiro atoms. The van der Waals surface area contributed by atoms with E-state index in [2.05, 4.69) is 5.32 Å². The molecule has 0 aliphatic carbocycles. The maximum absolute atomic E-state index is 12.3. The molecule has 0 radical (unpaired) electrons. The third-order valence-electron chi connectivity index (χ3n) is 4.23. The van der Waals surface area contributed by atoms with Gasteiger partial charge in [-0.05, 0) is 35.4 Å². The van der Waals surface area contributed by atoms with Crippen molar-refractivity contribution in [3.63, 3.8) is 0 Å². The Balaban J connectivity index is 1.58. The standard InChI is InChI=1S/C23H21NO5/c1-27-20-10-6-9-19(22(20)28-2)23(26)29-15-21(25)24-18-13-11-17(12-14-18)16-7-4-3-5-8-16/h3-14H,15H2,1-2H3,(H,24,25). The first kappa shape index (κ1) is 19.9. The van der Waals surface area contributed by atoms with Gasteiger partial charge in [-0.1, -0.05) is 48.5 Å². The van der Waals surface area contributed by atoms with Crippen LogP contribution in [-0.4, -0.2) is 32.7 Å². The second kappa shape index (κ2) is 9.41. The number of ether oxygens (including phenoxy) is 3. The molecule has 0 unspecified atom stereocenters. The molecule has 6 nitrogen and oxygen atoms in total. The molecule has 1 N–H and O–H groups in total. The van der Waals surface area contributed by atoms with Crippen LogP contribution in [0.2, 0.25) is 0 Å². The Morgan fingerprint density at radius 3 is 2.14 bits per heavy atom. The van der Waals surface area contributed by atoms with E-state index in [1.165, 1.54) is 14.2 Å². The van der Waals surface area contributed by atoms with E-state index in [1.54, 1.807) is 30.3 Å². The highest BCUT2D eigenvalue weighted by molar-refractivity contribution is 5.97. The maximum atomic E-state index is 12.3. The van der Waals surface area contributed by atoms with Crippen LogP contribution in [0.1, 0.15) is 10.4 Å². The van der Waals surface area contributed by atoms with Crippen molar-refractivity contribution in [3.8, 4) is 22.6 Å². The lowest BCUT2D eigenvalue weighted by Gasteiger charge is -2.12. The quantitative estimate of drug-likeness (QED) is 0.612. The molecule has 3 aromatic carbocycles. The van der Waals surface area contributed by atoms with Crippen molar-refractivity contribution < 1.29 is 23.8 Å². The van der Waals surface area contributed by atoms with E-state index in [1.807, 2.05) is 42.5 Å². The van der Waals surface area contributed by atoms with Crippen molar-refractivity contribution in [2.75, 3.05) is 26.1 Å². The van der Waals surface area contributed by atoms with Crippen LogP contribution in [0.25, 0.3) is 11.1 Å². The van der Waals surface area contributed by atoms with Crippen molar-refractivity contribution in [2.24, 2.45) is 0 Å². The number of esters is 1. The molecule has 148 valence electrons. The Morgan fingerprint density at radius 2 is 1.48 bits per heavy atom. The predicted octanol–water partition coefficient (Wildman–Crippen LogP) is 4.17. The van der Waals surface area contributed by atoms with Crippen LogP contribution in [-0.2, 0) is 9.53 Å². The maximum Gasteiger partial charge on any atom is 0.342 e. The number of anilines is 1. The zero-order valence-electron chi connectivity index (χ0n) is 16.2. The first-order valence-electron chi connectivity index (χ1n) is 8.96. The number of rotatable bonds is 7. The van der Waals surface area contributed by atoms with Crippen LogP contribution < -0.4 is 14.8 Å². The fourth-order valence-electron chi connectivity index (χ4n) is 2.83. The number of methoxy groups -OCH3 is 2. The van der Waals surface area contributed by atoms with E-state index in [-0.39, 0.29) is 11.3 Å². The van der Waals surface area contributed by atoms with E-state index in [0.717, 1.165) is 11.1 Å². The van der Waals surface area contributed by atoms with E-state index in [0.29, 0.717) is 11.4 Å². The second-order valence-corrected chi connectivity index (χ2v) is 6.11. The number of carbonyl (C=O) groups is 2. The number of hydrogen-bond acceptors (Lipinski definition) is 5. The molecule has 0 aromatic heterocycles. The summed E-state index contributed by atoms with van der Waals surface area (Å²) in [5.74, 6) is -0.440. The molecule has 1 amide bonds. The number of hydrogen-bond donors (Lipinski definition) is 1. The number of nitrogens with one attached hydrogen (secondary N) is 1. The van der Waals surface area contributed by atoms with Gasteiger partial charge in [0, 0.05) is 5.69 Å². The van der Waals surface area contributed by atoms with Crippen LogP contribution in [0.3, 0.4) is 0 Å². The van der Waals surface area contributed by atoms with Crippen LogP contribution in [0.15, 0.2) is 72.8 Å². The minimum atomic E-state index is -0.671. The minimum absolute atomic E-state index is 0.187. The van der Waals surface area contributed by atoms with Gasteiger partial charge in [0.25, 0.3) is 5.91 Å². The summed E-state index contributed by atoms with van der Waals surface area (Å²) < 4.78 is 15.5. The Morgan fingerprint density at radius 1 is 0.793 bits per heavy atom. The van der Waals surface area contributed by atoms with Crippen LogP contribution in [0.4, 0.5) is 5.69 Å². The molecule has 0 aliphatic rings. The van der Waals surface area contributed by atoms with Gasteiger partial charge in [0.1, 0.15) is 5.56 Å². The van der Waals surface area contributed by atoms with E-state index >= 15 is 0 Å². The highest BCUT2D eigenvalue weighted by Gasteiger charge is 2.18. The molecular formula is C23H21NO5. The Labute approximate surface area is 169 Å². The van der Waals surface area contributed by atoms with Gasteiger partial charge < -0.3 is 19.5 Å². The first-order valence-corrected chi connectivity index (χ1v) is 8.96. The van der Waals surface area contributed by atoms with Gasteiger partial charge in [0.2, 0.25) is 0 Å². The molecule has 0 aliphatic heterocycles. The molecule has 0 saturated carbocycles. The summed E-state index contributed by atoms with van der Waals surface area (Å²) in [6.07, 6.45) is 0. The highest BCUT2D eigenvalue weighted by Crippen LogP contribution is 2.31. The third kappa shape index (κ3) is 4.93. The topological polar surface area (TPSA) is 73.9 Å².